The molecule has 114 valence electrons. The largest absolute Gasteiger partial charge is 0.480 e. The van der Waals surface area contributed by atoms with Gasteiger partial charge in [-0.2, -0.15) is 0 Å². The predicted octanol–water partition coefficient (Wildman–Crippen LogP) is 2.88. The van der Waals surface area contributed by atoms with Gasteiger partial charge in [-0.25, -0.2) is 0 Å². The number of nitrogens with one attached hydrogen (secondary N) is 1. The van der Waals surface area contributed by atoms with Crippen LogP contribution in [0.2, 0.25) is 0 Å². The SMILES string of the molecule is O=C(O)CNC(=O)CCCc1ccc(-c2ccccc2)cc1. The lowest BCUT2D eigenvalue weighted by Crippen LogP contribution is -2.28. The second-order valence-corrected chi connectivity index (χ2v) is 5.09. The van der Waals surface area contributed by atoms with Gasteiger partial charge in [0.05, 0.1) is 0 Å². The average molecular weight is 297 g/mol. The Bertz CT molecular complexity index is 621. The van der Waals surface area contributed by atoms with Crippen LogP contribution in [-0.2, 0) is 16.0 Å². The van der Waals surface area contributed by atoms with Gasteiger partial charge in [-0.3, -0.25) is 9.59 Å². The first-order chi connectivity index (χ1) is 10.6. The first-order valence-corrected chi connectivity index (χ1v) is 7.28. The van der Waals surface area contributed by atoms with Gasteiger partial charge >= 0.3 is 5.97 Å². The second-order valence-electron chi connectivity index (χ2n) is 5.09. The summed E-state index contributed by atoms with van der Waals surface area (Å²) in [5.41, 5.74) is 3.52. The summed E-state index contributed by atoms with van der Waals surface area (Å²) in [6, 6.07) is 18.5. The Hall–Kier alpha value is -2.62. The van der Waals surface area contributed by atoms with Gasteiger partial charge in [0.15, 0.2) is 0 Å². The Balaban J connectivity index is 1.80. The molecular formula is C18H19NO3. The van der Waals surface area contributed by atoms with Crippen LogP contribution in [0.25, 0.3) is 11.1 Å². The standard InChI is InChI=1S/C18H19NO3/c20-17(19-13-18(21)22)8-4-5-14-9-11-16(12-10-14)15-6-2-1-3-7-15/h1-3,6-7,9-12H,4-5,8,13H2,(H,19,20)(H,21,22). The Morgan fingerprint density at radius 2 is 1.55 bits per heavy atom. The van der Waals surface area contributed by atoms with E-state index in [1.165, 1.54) is 16.7 Å². The molecule has 0 unspecified atom stereocenters. The maximum absolute atomic E-state index is 11.4. The highest BCUT2D eigenvalue weighted by molar-refractivity contribution is 5.81. The van der Waals surface area contributed by atoms with Crippen LogP contribution in [-0.4, -0.2) is 23.5 Å². The van der Waals surface area contributed by atoms with Crippen molar-refractivity contribution in [1.82, 2.24) is 5.32 Å². The van der Waals surface area contributed by atoms with E-state index in [-0.39, 0.29) is 12.5 Å². The molecule has 0 saturated heterocycles. The van der Waals surface area contributed by atoms with E-state index in [9.17, 15) is 9.59 Å². The summed E-state index contributed by atoms with van der Waals surface area (Å²) < 4.78 is 0. The van der Waals surface area contributed by atoms with Crippen LogP contribution in [0.15, 0.2) is 54.6 Å². The fourth-order valence-electron chi connectivity index (χ4n) is 2.21. The fraction of sp³-hybridized carbons (Fsp3) is 0.222. The molecule has 1 amide bonds. The number of aliphatic carboxylic acids is 1. The van der Waals surface area contributed by atoms with E-state index in [1.807, 2.05) is 18.2 Å². The van der Waals surface area contributed by atoms with Gasteiger partial charge in [0.25, 0.3) is 0 Å². The van der Waals surface area contributed by atoms with Crippen molar-refractivity contribution < 1.29 is 14.7 Å². The smallest absolute Gasteiger partial charge is 0.322 e. The minimum Gasteiger partial charge on any atom is -0.480 e. The van der Waals surface area contributed by atoms with Gasteiger partial charge < -0.3 is 10.4 Å². The van der Waals surface area contributed by atoms with E-state index in [2.05, 4.69) is 41.7 Å². The zero-order valence-corrected chi connectivity index (χ0v) is 12.3. The van der Waals surface area contributed by atoms with Crippen LogP contribution in [0.5, 0.6) is 0 Å². The third-order valence-electron chi connectivity index (χ3n) is 3.37. The Morgan fingerprint density at radius 1 is 0.909 bits per heavy atom. The molecule has 0 fully saturated rings. The molecule has 22 heavy (non-hydrogen) atoms. The number of carbonyl (C=O) groups is 2. The summed E-state index contributed by atoms with van der Waals surface area (Å²) in [4.78, 5) is 21.7. The summed E-state index contributed by atoms with van der Waals surface area (Å²) >= 11 is 0. The molecule has 0 aliphatic heterocycles. The number of aryl methyl sites for hydroxylation is 1. The lowest BCUT2D eigenvalue weighted by atomic mass is 10.0. The third kappa shape index (κ3) is 5.05. The zero-order valence-electron chi connectivity index (χ0n) is 12.3. The highest BCUT2D eigenvalue weighted by Crippen LogP contribution is 2.19. The third-order valence-corrected chi connectivity index (χ3v) is 3.37. The van der Waals surface area contributed by atoms with Crippen molar-refractivity contribution in [3.63, 3.8) is 0 Å². The van der Waals surface area contributed by atoms with Crippen LogP contribution in [0.4, 0.5) is 0 Å². The maximum Gasteiger partial charge on any atom is 0.322 e. The van der Waals surface area contributed by atoms with E-state index < -0.39 is 5.97 Å². The van der Waals surface area contributed by atoms with E-state index in [4.69, 9.17) is 5.11 Å². The van der Waals surface area contributed by atoms with E-state index >= 15 is 0 Å². The molecule has 0 aliphatic rings. The highest BCUT2D eigenvalue weighted by atomic mass is 16.4. The molecule has 0 bridgehead atoms. The maximum atomic E-state index is 11.4. The quantitative estimate of drug-likeness (QED) is 0.826. The molecule has 4 heteroatoms. The van der Waals surface area contributed by atoms with E-state index in [1.54, 1.807) is 0 Å². The minimum absolute atomic E-state index is 0.219. The monoisotopic (exact) mass is 297 g/mol. The molecule has 0 aromatic heterocycles. The second kappa shape index (κ2) is 7.98. The van der Waals surface area contributed by atoms with Crippen LogP contribution in [0.3, 0.4) is 0 Å². The Kier molecular flexibility index (Phi) is 5.72. The number of carbonyl (C=O) groups excluding carboxylic acids is 1. The Labute approximate surface area is 129 Å². The van der Waals surface area contributed by atoms with E-state index in [0.29, 0.717) is 12.8 Å². The normalized spacial score (nSPS) is 10.2. The van der Waals surface area contributed by atoms with Gasteiger partial charge in [-0.15, -0.1) is 0 Å². The van der Waals surface area contributed by atoms with Crippen molar-refractivity contribution in [2.24, 2.45) is 0 Å². The molecule has 0 saturated carbocycles. The van der Waals surface area contributed by atoms with Crippen molar-refractivity contribution in [1.29, 1.82) is 0 Å². The molecule has 4 nitrogen and oxygen atoms in total. The zero-order chi connectivity index (χ0) is 15.8. The average Bonchev–Trinajstić information content (AvgIpc) is 2.54. The summed E-state index contributed by atoms with van der Waals surface area (Å²) in [7, 11) is 0. The molecule has 0 aliphatic carbocycles. The van der Waals surface area contributed by atoms with Gasteiger partial charge in [0.2, 0.25) is 5.91 Å². The Morgan fingerprint density at radius 3 is 2.18 bits per heavy atom. The van der Waals surface area contributed by atoms with Crippen LogP contribution < -0.4 is 5.32 Å². The van der Waals surface area contributed by atoms with Crippen LogP contribution in [0.1, 0.15) is 18.4 Å². The molecule has 0 radical (unpaired) electrons. The molecule has 2 rings (SSSR count). The van der Waals surface area contributed by atoms with Gasteiger partial charge in [-0.1, -0.05) is 54.6 Å². The molecule has 0 spiro atoms. The number of carboxylic acid groups (broad SMARTS) is 1. The van der Waals surface area contributed by atoms with E-state index in [0.717, 1.165) is 6.42 Å². The molecule has 0 heterocycles. The molecular weight excluding hydrogens is 278 g/mol. The number of amides is 1. The summed E-state index contributed by atoms with van der Waals surface area (Å²) in [5.74, 6) is -1.24. The molecule has 0 atom stereocenters. The molecule has 2 N–H and O–H groups in total. The fourth-order valence-corrected chi connectivity index (χ4v) is 2.21. The van der Waals surface area contributed by atoms with Crippen molar-refractivity contribution in [2.75, 3.05) is 6.54 Å². The molecule has 2 aromatic rings. The lowest BCUT2D eigenvalue weighted by Gasteiger charge is -2.05. The highest BCUT2D eigenvalue weighted by Gasteiger charge is 2.04. The van der Waals surface area contributed by atoms with Crippen LogP contribution >= 0.6 is 0 Å². The number of hydrogen-bond acceptors (Lipinski definition) is 2. The van der Waals surface area contributed by atoms with Crippen molar-refractivity contribution in [2.45, 2.75) is 19.3 Å². The predicted molar refractivity (Wildman–Crippen MR) is 85.5 cm³/mol. The van der Waals surface area contributed by atoms with Gasteiger partial charge in [0, 0.05) is 6.42 Å². The number of hydrogen-bond donors (Lipinski definition) is 2. The van der Waals surface area contributed by atoms with Crippen LogP contribution in [0, 0.1) is 0 Å². The number of rotatable bonds is 7. The summed E-state index contributed by atoms with van der Waals surface area (Å²) in [5, 5.41) is 10.8. The lowest BCUT2D eigenvalue weighted by molar-refractivity contribution is -0.137. The van der Waals surface area contributed by atoms with Crippen molar-refractivity contribution in [3.8, 4) is 11.1 Å². The minimum atomic E-state index is -1.02. The summed E-state index contributed by atoms with van der Waals surface area (Å²) in [6.45, 7) is -0.315. The number of benzene rings is 2. The summed E-state index contributed by atoms with van der Waals surface area (Å²) in [6.07, 6.45) is 1.85. The van der Waals surface area contributed by atoms with Crippen molar-refractivity contribution in [3.05, 3.63) is 60.2 Å². The van der Waals surface area contributed by atoms with Crippen molar-refractivity contribution >= 4 is 11.9 Å². The first kappa shape index (κ1) is 15.8. The van der Waals surface area contributed by atoms with Gasteiger partial charge in [-0.05, 0) is 29.5 Å². The first-order valence-electron chi connectivity index (χ1n) is 7.28. The topological polar surface area (TPSA) is 66.4 Å². The number of carboxylic acids is 1. The molecule has 2 aromatic carbocycles. The van der Waals surface area contributed by atoms with Gasteiger partial charge in [0.1, 0.15) is 6.54 Å².